The number of anilines is 1. The lowest BCUT2D eigenvalue weighted by Crippen LogP contribution is -2.14. The third kappa shape index (κ3) is 3.68. The Kier molecular flexibility index (Phi) is 5.20. The van der Waals surface area contributed by atoms with Crippen molar-refractivity contribution in [2.24, 2.45) is 7.05 Å². The van der Waals surface area contributed by atoms with E-state index in [1.54, 1.807) is 11.6 Å². The van der Waals surface area contributed by atoms with Crippen LogP contribution in [0.5, 0.6) is 0 Å². The highest BCUT2D eigenvalue weighted by molar-refractivity contribution is 7.99. The second-order valence-corrected chi connectivity index (χ2v) is 11.3. The van der Waals surface area contributed by atoms with E-state index in [4.69, 9.17) is 0 Å². The van der Waals surface area contributed by atoms with Gasteiger partial charge < -0.3 is 9.88 Å². The fourth-order valence-corrected chi connectivity index (χ4v) is 7.42. The Morgan fingerprint density at radius 2 is 2.25 bits per heavy atom. The molecule has 4 rings (SSSR count). The van der Waals surface area contributed by atoms with Gasteiger partial charge in [0.2, 0.25) is 5.91 Å². The topological polar surface area (TPSA) is 118 Å². The molecule has 0 saturated carbocycles. The van der Waals surface area contributed by atoms with Crippen LogP contribution in [0, 0.1) is 11.3 Å². The van der Waals surface area contributed by atoms with E-state index in [-0.39, 0.29) is 29.1 Å². The Bertz CT molecular complexity index is 1080. The van der Waals surface area contributed by atoms with E-state index in [1.165, 1.54) is 28.0 Å². The molecule has 1 atom stereocenters. The van der Waals surface area contributed by atoms with Gasteiger partial charge in [-0.3, -0.25) is 4.79 Å². The molecule has 3 heterocycles. The van der Waals surface area contributed by atoms with Crippen molar-refractivity contribution in [1.29, 1.82) is 5.26 Å². The normalized spacial score (nSPS) is 20.1. The maximum absolute atomic E-state index is 12.4. The first-order valence-corrected chi connectivity index (χ1v) is 12.6. The molecule has 148 valence electrons. The standard InChI is InChI=1S/C17H19N5O3S3/c1-22-15(10-5-6-28(24,25)9-10)20-21-17(22)26-8-14(23)19-16-12(7-18)11-3-2-4-13(11)27-16/h10H,2-6,8-9H2,1H3,(H,19,23)/t10-/m1/s1. The summed E-state index contributed by atoms with van der Waals surface area (Å²) >= 11 is 2.74. The fraction of sp³-hybridized carbons (Fsp3) is 0.529. The van der Waals surface area contributed by atoms with Gasteiger partial charge in [0.15, 0.2) is 15.0 Å². The van der Waals surface area contributed by atoms with Gasteiger partial charge >= 0.3 is 0 Å². The second-order valence-electron chi connectivity index (χ2n) is 7.01. The first-order valence-electron chi connectivity index (χ1n) is 8.95. The van der Waals surface area contributed by atoms with Crippen molar-refractivity contribution in [3.63, 3.8) is 0 Å². The summed E-state index contributed by atoms with van der Waals surface area (Å²) in [5, 5.41) is 21.7. The molecule has 1 fully saturated rings. The molecular weight excluding hydrogens is 418 g/mol. The second kappa shape index (κ2) is 7.50. The predicted octanol–water partition coefficient (Wildman–Crippen LogP) is 1.87. The van der Waals surface area contributed by atoms with Crippen molar-refractivity contribution >= 4 is 43.8 Å². The number of carbonyl (C=O) groups is 1. The summed E-state index contributed by atoms with van der Waals surface area (Å²) in [5.74, 6) is 0.727. The Labute approximate surface area is 171 Å². The Hall–Kier alpha value is -1.90. The molecule has 28 heavy (non-hydrogen) atoms. The molecule has 1 saturated heterocycles. The van der Waals surface area contributed by atoms with Crippen molar-refractivity contribution in [3.8, 4) is 6.07 Å². The van der Waals surface area contributed by atoms with Gasteiger partial charge in [0.1, 0.15) is 16.9 Å². The molecule has 0 aromatic carbocycles. The summed E-state index contributed by atoms with van der Waals surface area (Å²) in [6.07, 6.45) is 3.49. The number of nitrogens with zero attached hydrogens (tertiary/aromatic N) is 4. The SMILES string of the molecule is Cn1c(SCC(=O)Nc2sc3c(c2C#N)CCC3)nnc1[C@@H]1CCS(=O)(=O)C1. The largest absolute Gasteiger partial charge is 0.316 e. The summed E-state index contributed by atoms with van der Waals surface area (Å²) in [6, 6.07) is 2.22. The molecule has 2 aliphatic rings. The van der Waals surface area contributed by atoms with Crippen LogP contribution in [0.3, 0.4) is 0 Å². The van der Waals surface area contributed by atoms with Crippen LogP contribution < -0.4 is 5.32 Å². The number of sulfone groups is 1. The van der Waals surface area contributed by atoms with E-state index in [1.807, 2.05) is 0 Å². The lowest BCUT2D eigenvalue weighted by atomic mass is 10.1. The van der Waals surface area contributed by atoms with Gasteiger partial charge in [-0.1, -0.05) is 11.8 Å². The highest BCUT2D eigenvalue weighted by atomic mass is 32.2. The zero-order valence-electron chi connectivity index (χ0n) is 15.3. The maximum atomic E-state index is 12.4. The first kappa shape index (κ1) is 19.4. The van der Waals surface area contributed by atoms with Crippen molar-refractivity contribution in [2.75, 3.05) is 22.6 Å². The third-order valence-electron chi connectivity index (χ3n) is 5.08. The molecule has 11 heteroatoms. The minimum Gasteiger partial charge on any atom is -0.316 e. The summed E-state index contributed by atoms with van der Waals surface area (Å²) in [6.45, 7) is 0. The van der Waals surface area contributed by atoms with Crippen molar-refractivity contribution in [2.45, 2.75) is 36.8 Å². The lowest BCUT2D eigenvalue weighted by molar-refractivity contribution is -0.113. The van der Waals surface area contributed by atoms with Crippen LogP contribution in [0.25, 0.3) is 0 Å². The van der Waals surface area contributed by atoms with Crippen LogP contribution in [0.4, 0.5) is 5.00 Å². The molecule has 1 aliphatic carbocycles. The van der Waals surface area contributed by atoms with E-state index in [0.29, 0.717) is 28.0 Å². The number of carbonyl (C=O) groups excluding carboxylic acids is 1. The number of nitrogens with one attached hydrogen (secondary N) is 1. The summed E-state index contributed by atoms with van der Waals surface area (Å²) in [7, 11) is -1.20. The van der Waals surface area contributed by atoms with Gasteiger partial charge in [-0.2, -0.15) is 5.26 Å². The number of nitriles is 1. The molecule has 2 aromatic rings. The Morgan fingerprint density at radius 1 is 1.43 bits per heavy atom. The summed E-state index contributed by atoms with van der Waals surface area (Å²) < 4.78 is 25.1. The molecule has 1 amide bonds. The number of aromatic nitrogens is 3. The molecule has 2 aromatic heterocycles. The zero-order valence-corrected chi connectivity index (χ0v) is 17.7. The van der Waals surface area contributed by atoms with Crippen LogP contribution in [-0.2, 0) is 34.5 Å². The number of hydrogen-bond acceptors (Lipinski definition) is 8. The van der Waals surface area contributed by atoms with Gasteiger partial charge in [-0.25, -0.2) is 8.42 Å². The van der Waals surface area contributed by atoms with E-state index in [9.17, 15) is 18.5 Å². The lowest BCUT2D eigenvalue weighted by Gasteiger charge is -2.08. The molecular formula is C17H19N5O3S3. The van der Waals surface area contributed by atoms with Gasteiger partial charge in [0, 0.05) is 17.8 Å². The number of rotatable bonds is 5. The van der Waals surface area contributed by atoms with Crippen LogP contribution in [0.15, 0.2) is 5.16 Å². The number of fused-ring (bicyclic) bond motifs is 1. The highest BCUT2D eigenvalue weighted by Gasteiger charge is 2.32. The summed E-state index contributed by atoms with van der Waals surface area (Å²) in [5.41, 5.74) is 1.68. The maximum Gasteiger partial charge on any atom is 0.235 e. The minimum atomic E-state index is -2.99. The van der Waals surface area contributed by atoms with Gasteiger partial charge in [0.25, 0.3) is 0 Å². The molecule has 0 bridgehead atoms. The van der Waals surface area contributed by atoms with E-state index in [0.717, 1.165) is 24.8 Å². The van der Waals surface area contributed by atoms with E-state index >= 15 is 0 Å². The van der Waals surface area contributed by atoms with Gasteiger partial charge in [-0.05, 0) is 31.2 Å². The van der Waals surface area contributed by atoms with Crippen LogP contribution in [-0.4, -0.2) is 46.3 Å². The first-order chi connectivity index (χ1) is 13.4. The molecule has 0 unspecified atom stereocenters. The highest BCUT2D eigenvalue weighted by Crippen LogP contribution is 2.38. The quantitative estimate of drug-likeness (QED) is 0.710. The van der Waals surface area contributed by atoms with Crippen LogP contribution in [0.2, 0.25) is 0 Å². The van der Waals surface area contributed by atoms with Crippen LogP contribution >= 0.6 is 23.1 Å². The molecule has 0 radical (unpaired) electrons. The average Bonchev–Trinajstić information content (AvgIpc) is 3.37. The summed E-state index contributed by atoms with van der Waals surface area (Å²) in [4.78, 5) is 13.6. The predicted molar refractivity (Wildman–Crippen MR) is 107 cm³/mol. The van der Waals surface area contributed by atoms with Crippen LogP contribution in [0.1, 0.15) is 40.6 Å². The van der Waals surface area contributed by atoms with Gasteiger partial charge in [-0.15, -0.1) is 21.5 Å². The molecule has 1 N–H and O–H groups in total. The molecule has 8 nitrogen and oxygen atoms in total. The van der Waals surface area contributed by atoms with Crippen molar-refractivity contribution in [3.05, 3.63) is 21.8 Å². The number of thiophene rings is 1. The van der Waals surface area contributed by atoms with E-state index in [2.05, 4.69) is 21.6 Å². The number of thioether (sulfide) groups is 1. The van der Waals surface area contributed by atoms with Gasteiger partial charge in [0.05, 0.1) is 22.8 Å². The number of aryl methyl sites for hydroxylation is 1. The average molecular weight is 438 g/mol. The Morgan fingerprint density at radius 3 is 2.96 bits per heavy atom. The number of hydrogen-bond donors (Lipinski definition) is 1. The van der Waals surface area contributed by atoms with E-state index < -0.39 is 9.84 Å². The third-order valence-corrected chi connectivity index (χ3v) is 9.08. The Balaban J connectivity index is 1.39. The van der Waals surface area contributed by atoms with Crippen molar-refractivity contribution < 1.29 is 13.2 Å². The zero-order chi connectivity index (χ0) is 19.9. The van der Waals surface area contributed by atoms with Crippen molar-refractivity contribution in [1.82, 2.24) is 14.8 Å². The minimum absolute atomic E-state index is 0.101. The molecule has 1 aliphatic heterocycles. The fourth-order valence-electron chi connectivity index (χ4n) is 3.71. The number of amides is 1. The molecule has 0 spiro atoms. The monoisotopic (exact) mass is 437 g/mol. The smallest absolute Gasteiger partial charge is 0.235 e.